The Kier molecular flexibility index (Phi) is 3.24. The summed E-state index contributed by atoms with van der Waals surface area (Å²) >= 11 is 3.54. The molecule has 0 aliphatic carbocycles. The molecule has 0 saturated carbocycles. The van der Waals surface area contributed by atoms with Gasteiger partial charge in [0.1, 0.15) is 5.82 Å². The van der Waals surface area contributed by atoms with Gasteiger partial charge >= 0.3 is 0 Å². The van der Waals surface area contributed by atoms with Crippen molar-refractivity contribution in [3.8, 4) is 11.3 Å². The summed E-state index contributed by atoms with van der Waals surface area (Å²) in [6.45, 7) is 4.36. The second kappa shape index (κ2) is 4.53. The van der Waals surface area contributed by atoms with Crippen molar-refractivity contribution in [1.82, 2.24) is 9.78 Å². The molecule has 17 heavy (non-hydrogen) atoms. The lowest BCUT2D eigenvalue weighted by Crippen LogP contribution is -1.96. The molecule has 2 aromatic rings. The van der Waals surface area contributed by atoms with Gasteiger partial charge in [-0.05, 0) is 29.7 Å². The monoisotopic (exact) mass is 293 g/mol. The van der Waals surface area contributed by atoms with E-state index in [9.17, 15) is 0 Å². The average Bonchev–Trinajstić information content (AvgIpc) is 2.58. The fourth-order valence-electron chi connectivity index (χ4n) is 1.72. The third-order valence-electron chi connectivity index (χ3n) is 2.80. The van der Waals surface area contributed by atoms with Gasteiger partial charge in [0, 0.05) is 23.2 Å². The lowest BCUT2D eigenvalue weighted by Gasteiger charge is -2.08. The Bertz CT molecular complexity index is 524. The molecule has 3 nitrogen and oxygen atoms in total. The highest BCUT2D eigenvalue weighted by Crippen LogP contribution is 2.28. The lowest BCUT2D eigenvalue weighted by molar-refractivity contribution is 0.782. The molecule has 0 saturated heterocycles. The number of anilines is 1. The second-order valence-electron chi connectivity index (χ2n) is 4.51. The maximum Gasteiger partial charge on any atom is 0.121 e. The number of hydrogen-bond acceptors (Lipinski definition) is 2. The first kappa shape index (κ1) is 12.2. The van der Waals surface area contributed by atoms with Crippen LogP contribution >= 0.6 is 15.9 Å². The fraction of sp³-hybridized carbons (Fsp3) is 0.308. The van der Waals surface area contributed by atoms with E-state index < -0.39 is 0 Å². The normalized spacial score (nSPS) is 11.1. The molecule has 0 bridgehead atoms. The summed E-state index contributed by atoms with van der Waals surface area (Å²) in [5.41, 5.74) is 9.10. The number of aromatic nitrogens is 2. The van der Waals surface area contributed by atoms with Gasteiger partial charge in [0.15, 0.2) is 0 Å². The fourth-order valence-corrected chi connectivity index (χ4v) is 2.23. The first-order valence-corrected chi connectivity index (χ1v) is 6.37. The van der Waals surface area contributed by atoms with Crippen molar-refractivity contribution in [2.75, 3.05) is 5.73 Å². The standard InChI is InChI=1S/C13H16BrN3/c1-8(2)9-4-10(6-11(14)5-9)12-7-13(15)17(3)16-12/h4-8H,15H2,1-3H3. The Hall–Kier alpha value is -1.29. The largest absolute Gasteiger partial charge is 0.384 e. The zero-order valence-corrected chi connectivity index (χ0v) is 11.8. The molecule has 90 valence electrons. The highest BCUT2D eigenvalue weighted by atomic mass is 79.9. The molecule has 0 amide bonds. The van der Waals surface area contributed by atoms with Gasteiger partial charge in [-0.25, -0.2) is 0 Å². The van der Waals surface area contributed by atoms with Crippen molar-refractivity contribution in [3.63, 3.8) is 0 Å². The number of hydrogen-bond donors (Lipinski definition) is 1. The van der Waals surface area contributed by atoms with E-state index >= 15 is 0 Å². The first-order chi connectivity index (χ1) is 7.97. The quantitative estimate of drug-likeness (QED) is 0.920. The maximum atomic E-state index is 5.80. The van der Waals surface area contributed by atoms with Crippen LogP contribution in [0.3, 0.4) is 0 Å². The van der Waals surface area contributed by atoms with Crippen LogP contribution in [0, 0.1) is 0 Å². The van der Waals surface area contributed by atoms with Crippen molar-refractivity contribution >= 4 is 21.7 Å². The van der Waals surface area contributed by atoms with Crippen LogP contribution in [0.1, 0.15) is 25.3 Å². The molecule has 2 rings (SSSR count). The van der Waals surface area contributed by atoms with Crippen molar-refractivity contribution < 1.29 is 0 Å². The smallest absolute Gasteiger partial charge is 0.121 e. The van der Waals surface area contributed by atoms with E-state index in [-0.39, 0.29) is 0 Å². The minimum atomic E-state index is 0.493. The van der Waals surface area contributed by atoms with E-state index in [4.69, 9.17) is 5.73 Å². The number of halogens is 1. The van der Waals surface area contributed by atoms with Crippen LogP contribution in [-0.4, -0.2) is 9.78 Å². The third-order valence-corrected chi connectivity index (χ3v) is 3.26. The molecule has 2 N–H and O–H groups in total. The molecule has 1 heterocycles. The number of aryl methyl sites for hydroxylation is 1. The molecule has 1 aromatic heterocycles. The topological polar surface area (TPSA) is 43.8 Å². The maximum absolute atomic E-state index is 5.80. The summed E-state index contributed by atoms with van der Waals surface area (Å²) < 4.78 is 2.76. The zero-order chi connectivity index (χ0) is 12.6. The Morgan fingerprint density at radius 2 is 1.94 bits per heavy atom. The van der Waals surface area contributed by atoms with Crippen molar-refractivity contribution in [3.05, 3.63) is 34.3 Å². The molecule has 1 aromatic carbocycles. The van der Waals surface area contributed by atoms with E-state index in [0.717, 1.165) is 15.7 Å². The van der Waals surface area contributed by atoms with Crippen molar-refractivity contribution in [2.24, 2.45) is 7.05 Å². The van der Waals surface area contributed by atoms with E-state index in [1.807, 2.05) is 13.1 Å². The minimum Gasteiger partial charge on any atom is -0.384 e. The van der Waals surface area contributed by atoms with Crippen LogP contribution in [0.2, 0.25) is 0 Å². The van der Waals surface area contributed by atoms with Gasteiger partial charge in [0.05, 0.1) is 5.69 Å². The van der Waals surface area contributed by atoms with Gasteiger partial charge in [-0.1, -0.05) is 29.8 Å². The summed E-state index contributed by atoms with van der Waals surface area (Å²) in [4.78, 5) is 0. The van der Waals surface area contributed by atoms with Gasteiger partial charge in [0.25, 0.3) is 0 Å². The summed E-state index contributed by atoms with van der Waals surface area (Å²) in [5, 5.41) is 4.39. The zero-order valence-electron chi connectivity index (χ0n) is 10.2. The van der Waals surface area contributed by atoms with E-state index in [1.54, 1.807) is 4.68 Å². The Morgan fingerprint density at radius 1 is 1.24 bits per heavy atom. The van der Waals surface area contributed by atoms with E-state index in [2.05, 4.69) is 53.1 Å². The van der Waals surface area contributed by atoms with Crippen molar-refractivity contribution in [1.29, 1.82) is 0 Å². The minimum absolute atomic E-state index is 0.493. The molecule has 0 fully saturated rings. The second-order valence-corrected chi connectivity index (χ2v) is 5.42. The van der Waals surface area contributed by atoms with Gasteiger partial charge in [0.2, 0.25) is 0 Å². The summed E-state index contributed by atoms with van der Waals surface area (Å²) in [7, 11) is 1.85. The predicted octanol–water partition coefficient (Wildman–Crippen LogP) is 3.56. The summed E-state index contributed by atoms with van der Waals surface area (Å²) in [6.07, 6.45) is 0. The van der Waals surface area contributed by atoms with E-state index in [1.165, 1.54) is 5.56 Å². The Labute approximate surface area is 110 Å². The van der Waals surface area contributed by atoms with Gasteiger partial charge < -0.3 is 5.73 Å². The van der Waals surface area contributed by atoms with Crippen LogP contribution in [0.25, 0.3) is 11.3 Å². The van der Waals surface area contributed by atoms with Crippen LogP contribution in [0.4, 0.5) is 5.82 Å². The number of benzene rings is 1. The molecular weight excluding hydrogens is 278 g/mol. The molecule has 0 aliphatic heterocycles. The number of rotatable bonds is 2. The molecule has 0 spiro atoms. The molecule has 0 radical (unpaired) electrons. The van der Waals surface area contributed by atoms with Gasteiger partial charge in [-0.3, -0.25) is 4.68 Å². The number of nitrogens with two attached hydrogens (primary N) is 1. The lowest BCUT2D eigenvalue weighted by atomic mass is 10.00. The van der Waals surface area contributed by atoms with E-state index in [0.29, 0.717) is 11.7 Å². The van der Waals surface area contributed by atoms with Crippen LogP contribution in [0.5, 0.6) is 0 Å². The SMILES string of the molecule is CC(C)c1cc(Br)cc(-c2cc(N)n(C)n2)c1. The molecular formula is C13H16BrN3. The van der Waals surface area contributed by atoms with Crippen LogP contribution in [-0.2, 0) is 7.05 Å². The summed E-state index contributed by atoms with van der Waals surface area (Å²) in [5.74, 6) is 1.17. The summed E-state index contributed by atoms with van der Waals surface area (Å²) in [6, 6.07) is 8.26. The van der Waals surface area contributed by atoms with Crippen LogP contribution in [0.15, 0.2) is 28.7 Å². The molecule has 0 unspecified atom stereocenters. The Morgan fingerprint density at radius 3 is 2.47 bits per heavy atom. The number of nitrogens with zero attached hydrogens (tertiary/aromatic N) is 2. The highest BCUT2D eigenvalue weighted by Gasteiger charge is 2.08. The Balaban J connectivity index is 2.51. The van der Waals surface area contributed by atoms with Gasteiger partial charge in [-0.2, -0.15) is 5.10 Å². The molecule has 4 heteroatoms. The average molecular weight is 294 g/mol. The molecule has 0 atom stereocenters. The predicted molar refractivity (Wildman–Crippen MR) is 74.8 cm³/mol. The third kappa shape index (κ3) is 2.52. The molecule has 0 aliphatic rings. The number of nitrogen functional groups attached to an aromatic ring is 1. The van der Waals surface area contributed by atoms with Crippen LogP contribution < -0.4 is 5.73 Å². The highest BCUT2D eigenvalue weighted by molar-refractivity contribution is 9.10. The van der Waals surface area contributed by atoms with Crippen molar-refractivity contribution in [2.45, 2.75) is 19.8 Å². The first-order valence-electron chi connectivity index (χ1n) is 5.57. The van der Waals surface area contributed by atoms with Gasteiger partial charge in [-0.15, -0.1) is 0 Å².